The first kappa shape index (κ1) is 17.5. The molecule has 2 N–H and O–H groups in total. The van der Waals surface area contributed by atoms with Gasteiger partial charge < -0.3 is 10.6 Å². The van der Waals surface area contributed by atoms with E-state index in [9.17, 15) is 18.0 Å². The van der Waals surface area contributed by atoms with E-state index in [0.717, 1.165) is 31.5 Å². The summed E-state index contributed by atoms with van der Waals surface area (Å²) < 4.78 is 37.2. The van der Waals surface area contributed by atoms with Crippen molar-refractivity contribution in [2.45, 2.75) is 38.9 Å². The van der Waals surface area contributed by atoms with Crippen LogP contribution in [0.4, 0.5) is 13.2 Å². The van der Waals surface area contributed by atoms with Crippen LogP contribution in [0, 0.1) is 0 Å². The third kappa shape index (κ3) is 5.38. The first-order valence-corrected chi connectivity index (χ1v) is 7.15. The lowest BCUT2D eigenvalue weighted by molar-refractivity contribution is -0.137. The van der Waals surface area contributed by atoms with Gasteiger partial charge in [-0.1, -0.05) is 13.8 Å². The molecule has 21 heavy (non-hydrogen) atoms. The highest BCUT2D eigenvalue weighted by Crippen LogP contribution is 2.29. The predicted molar refractivity (Wildman–Crippen MR) is 76.1 cm³/mol. The smallest absolute Gasteiger partial charge is 0.348 e. The summed E-state index contributed by atoms with van der Waals surface area (Å²) in [6, 6.07) is 4.30. The minimum Gasteiger partial charge on any atom is -0.348 e. The first-order chi connectivity index (χ1) is 9.97. The molecular weight excluding hydrogens is 281 g/mol. The van der Waals surface area contributed by atoms with Gasteiger partial charge in [-0.25, -0.2) is 0 Å². The van der Waals surface area contributed by atoms with E-state index < -0.39 is 11.7 Å². The van der Waals surface area contributed by atoms with Gasteiger partial charge in [0, 0.05) is 18.2 Å². The zero-order valence-corrected chi connectivity index (χ0v) is 12.3. The Bertz CT molecular complexity index is 437. The minimum atomic E-state index is -4.37. The van der Waals surface area contributed by atoms with Gasteiger partial charge in [0.2, 0.25) is 0 Å². The standard InChI is InChI=1S/C13H15F3N2O.C2H6/c14-13(15,16)10-5-3-9(4-6-10)12(19)18-11-2-1-7-17-8-11;1-2/h3-6,11,17H,1-2,7-8H2,(H,18,19);1-2H3. The normalized spacial score (nSPS) is 18.4. The SMILES string of the molecule is CC.O=C(NC1CCCNC1)c1ccc(C(F)(F)F)cc1. The summed E-state index contributed by atoms with van der Waals surface area (Å²) in [6.07, 6.45) is -2.50. The van der Waals surface area contributed by atoms with E-state index in [1.165, 1.54) is 12.1 Å². The number of amides is 1. The summed E-state index contributed by atoms with van der Waals surface area (Å²) in [5.41, 5.74) is -0.498. The van der Waals surface area contributed by atoms with Crippen LogP contribution in [-0.4, -0.2) is 25.0 Å². The lowest BCUT2D eigenvalue weighted by Gasteiger charge is -2.23. The molecule has 118 valence electrons. The first-order valence-electron chi connectivity index (χ1n) is 7.15. The largest absolute Gasteiger partial charge is 0.416 e. The van der Waals surface area contributed by atoms with Gasteiger partial charge in [0.25, 0.3) is 5.91 Å². The van der Waals surface area contributed by atoms with Crippen molar-refractivity contribution in [1.29, 1.82) is 0 Å². The molecule has 1 amide bonds. The van der Waals surface area contributed by atoms with Crippen LogP contribution in [0.1, 0.15) is 42.6 Å². The van der Waals surface area contributed by atoms with E-state index in [-0.39, 0.29) is 17.5 Å². The highest BCUT2D eigenvalue weighted by atomic mass is 19.4. The maximum absolute atomic E-state index is 12.4. The molecule has 0 aliphatic carbocycles. The predicted octanol–water partition coefficient (Wildman–Crippen LogP) is 3.21. The Kier molecular flexibility index (Phi) is 6.68. The Hall–Kier alpha value is -1.56. The molecule has 0 aromatic heterocycles. The number of hydrogen-bond acceptors (Lipinski definition) is 2. The third-order valence-corrected chi connectivity index (χ3v) is 3.11. The Balaban J connectivity index is 0.00000106. The van der Waals surface area contributed by atoms with Crippen molar-refractivity contribution in [3.63, 3.8) is 0 Å². The maximum Gasteiger partial charge on any atom is 0.416 e. The van der Waals surface area contributed by atoms with Crippen molar-refractivity contribution >= 4 is 5.91 Å². The van der Waals surface area contributed by atoms with Crippen LogP contribution in [0.3, 0.4) is 0 Å². The number of carbonyl (C=O) groups excluding carboxylic acids is 1. The van der Waals surface area contributed by atoms with E-state index in [1.54, 1.807) is 0 Å². The summed E-state index contributed by atoms with van der Waals surface area (Å²) in [7, 11) is 0. The van der Waals surface area contributed by atoms with Gasteiger partial charge in [-0.2, -0.15) is 13.2 Å². The van der Waals surface area contributed by atoms with Crippen LogP contribution in [0.5, 0.6) is 0 Å². The molecule has 0 saturated carbocycles. The molecule has 0 radical (unpaired) electrons. The van der Waals surface area contributed by atoms with E-state index in [0.29, 0.717) is 6.54 Å². The van der Waals surface area contributed by atoms with Gasteiger partial charge in [-0.05, 0) is 43.7 Å². The molecule has 1 aliphatic rings. The average molecular weight is 302 g/mol. The fourth-order valence-corrected chi connectivity index (χ4v) is 2.05. The zero-order chi connectivity index (χ0) is 15.9. The van der Waals surface area contributed by atoms with Gasteiger partial charge in [0.15, 0.2) is 0 Å². The Labute approximate surface area is 122 Å². The number of halogens is 3. The number of hydrogen-bond donors (Lipinski definition) is 2. The van der Waals surface area contributed by atoms with Crippen LogP contribution in [0.25, 0.3) is 0 Å². The number of piperidine rings is 1. The quantitative estimate of drug-likeness (QED) is 0.881. The van der Waals surface area contributed by atoms with Crippen molar-refractivity contribution < 1.29 is 18.0 Å². The molecule has 1 unspecified atom stereocenters. The molecule has 1 atom stereocenters. The van der Waals surface area contributed by atoms with Crippen LogP contribution < -0.4 is 10.6 Å². The monoisotopic (exact) mass is 302 g/mol. The number of nitrogens with one attached hydrogen (secondary N) is 2. The van der Waals surface area contributed by atoms with E-state index in [2.05, 4.69) is 10.6 Å². The average Bonchev–Trinajstić information content (AvgIpc) is 2.49. The summed E-state index contributed by atoms with van der Waals surface area (Å²) in [6.45, 7) is 5.64. The fourth-order valence-electron chi connectivity index (χ4n) is 2.05. The van der Waals surface area contributed by atoms with Crippen LogP contribution in [0.15, 0.2) is 24.3 Å². The molecule has 1 saturated heterocycles. The second kappa shape index (κ2) is 8.02. The molecular formula is C15H21F3N2O. The van der Waals surface area contributed by atoms with Crippen molar-refractivity contribution in [2.24, 2.45) is 0 Å². The van der Waals surface area contributed by atoms with Gasteiger partial charge >= 0.3 is 6.18 Å². The summed E-state index contributed by atoms with van der Waals surface area (Å²) in [5, 5.41) is 5.97. The lowest BCUT2D eigenvalue weighted by atomic mass is 10.1. The minimum absolute atomic E-state index is 0.0449. The number of rotatable bonds is 2. The van der Waals surface area contributed by atoms with Crippen LogP contribution in [0.2, 0.25) is 0 Å². The maximum atomic E-state index is 12.4. The zero-order valence-electron chi connectivity index (χ0n) is 12.3. The molecule has 2 rings (SSSR count). The Morgan fingerprint density at radius 3 is 2.33 bits per heavy atom. The van der Waals surface area contributed by atoms with Gasteiger partial charge in [-0.15, -0.1) is 0 Å². The van der Waals surface area contributed by atoms with Crippen molar-refractivity contribution in [1.82, 2.24) is 10.6 Å². The van der Waals surface area contributed by atoms with Gasteiger partial charge in [0.1, 0.15) is 0 Å². The molecule has 1 fully saturated rings. The van der Waals surface area contributed by atoms with Gasteiger partial charge in [0.05, 0.1) is 5.56 Å². The van der Waals surface area contributed by atoms with Crippen molar-refractivity contribution in [2.75, 3.05) is 13.1 Å². The molecule has 6 heteroatoms. The van der Waals surface area contributed by atoms with Crippen molar-refractivity contribution in [3.8, 4) is 0 Å². The Morgan fingerprint density at radius 2 is 1.86 bits per heavy atom. The topological polar surface area (TPSA) is 41.1 Å². The van der Waals surface area contributed by atoms with Crippen LogP contribution in [-0.2, 0) is 6.18 Å². The molecule has 1 heterocycles. The number of carbonyl (C=O) groups is 1. The van der Waals surface area contributed by atoms with E-state index in [4.69, 9.17) is 0 Å². The van der Waals surface area contributed by atoms with E-state index >= 15 is 0 Å². The number of alkyl halides is 3. The van der Waals surface area contributed by atoms with Crippen molar-refractivity contribution in [3.05, 3.63) is 35.4 Å². The number of benzene rings is 1. The molecule has 1 aromatic carbocycles. The summed E-state index contributed by atoms with van der Waals surface area (Å²) >= 11 is 0. The summed E-state index contributed by atoms with van der Waals surface area (Å²) in [4.78, 5) is 11.9. The second-order valence-corrected chi connectivity index (χ2v) is 4.59. The molecule has 0 spiro atoms. The lowest BCUT2D eigenvalue weighted by Crippen LogP contribution is -2.45. The fraction of sp³-hybridized carbons (Fsp3) is 0.533. The molecule has 3 nitrogen and oxygen atoms in total. The summed E-state index contributed by atoms with van der Waals surface area (Å²) in [5.74, 6) is -0.331. The van der Waals surface area contributed by atoms with Crippen LogP contribution >= 0.6 is 0 Å². The highest BCUT2D eigenvalue weighted by Gasteiger charge is 2.30. The van der Waals surface area contributed by atoms with Gasteiger partial charge in [-0.3, -0.25) is 4.79 Å². The molecule has 1 aromatic rings. The third-order valence-electron chi connectivity index (χ3n) is 3.11. The second-order valence-electron chi connectivity index (χ2n) is 4.59. The van der Waals surface area contributed by atoms with E-state index in [1.807, 2.05) is 13.8 Å². The molecule has 0 bridgehead atoms. The molecule has 1 aliphatic heterocycles. The Morgan fingerprint density at radius 1 is 1.24 bits per heavy atom. The highest BCUT2D eigenvalue weighted by molar-refractivity contribution is 5.94.